The minimum absolute atomic E-state index is 0.0442. The first-order valence-electron chi connectivity index (χ1n) is 4.57. The lowest BCUT2D eigenvalue weighted by atomic mass is 9.71. The second-order valence-electron chi connectivity index (χ2n) is 4.42. The van der Waals surface area contributed by atoms with E-state index in [4.69, 9.17) is 23.2 Å². The van der Waals surface area contributed by atoms with Crippen LogP contribution >= 0.6 is 55.1 Å². The van der Waals surface area contributed by atoms with Crippen LogP contribution in [0.15, 0.2) is 11.6 Å². The highest BCUT2D eigenvalue weighted by atomic mass is 79.9. The first-order valence-corrected chi connectivity index (χ1v) is 7.21. The third-order valence-electron chi connectivity index (χ3n) is 2.95. The highest BCUT2D eigenvalue weighted by molar-refractivity contribution is 9.10. The summed E-state index contributed by atoms with van der Waals surface area (Å²) in [6.45, 7) is 4.26. The van der Waals surface area contributed by atoms with Crippen LogP contribution in [-0.2, 0) is 0 Å². The van der Waals surface area contributed by atoms with Gasteiger partial charge in [-0.05, 0) is 19.8 Å². The Bertz CT molecular complexity index is 240. The van der Waals surface area contributed by atoms with E-state index in [-0.39, 0.29) is 10.3 Å². The van der Waals surface area contributed by atoms with Crippen LogP contribution in [0.2, 0.25) is 0 Å². The number of hydrogen-bond acceptors (Lipinski definition) is 0. The number of halogens is 4. The smallest absolute Gasteiger partial charge is 0.0552 e. The predicted molar refractivity (Wildman–Crippen MR) is 72.0 cm³/mol. The molecule has 0 aromatic heterocycles. The molecule has 0 spiro atoms. The molecule has 0 aliphatic heterocycles. The molecule has 4 heteroatoms. The Balaban J connectivity index is 2.89. The zero-order valence-corrected chi connectivity index (χ0v) is 12.9. The summed E-state index contributed by atoms with van der Waals surface area (Å²) in [4.78, 5) is 0.564. The van der Waals surface area contributed by atoms with Crippen molar-refractivity contribution in [2.45, 2.75) is 41.2 Å². The van der Waals surface area contributed by atoms with Crippen molar-refractivity contribution in [1.82, 2.24) is 0 Å². The molecule has 1 rings (SSSR count). The molecular formula is C10H14Br2Cl2. The van der Waals surface area contributed by atoms with Gasteiger partial charge in [-0.15, -0.1) is 11.6 Å². The highest BCUT2D eigenvalue weighted by Crippen LogP contribution is 2.51. The van der Waals surface area contributed by atoms with Crippen LogP contribution in [0.1, 0.15) is 26.7 Å². The number of hydrogen-bond donors (Lipinski definition) is 0. The van der Waals surface area contributed by atoms with Crippen molar-refractivity contribution in [3.63, 3.8) is 0 Å². The third kappa shape index (κ3) is 2.69. The summed E-state index contributed by atoms with van der Waals surface area (Å²) in [6, 6.07) is 0. The van der Waals surface area contributed by atoms with E-state index in [1.165, 1.54) is 0 Å². The number of alkyl halides is 3. The lowest BCUT2D eigenvalue weighted by Crippen LogP contribution is -2.46. The molecular weight excluding hydrogens is 351 g/mol. The first-order chi connectivity index (χ1) is 6.32. The van der Waals surface area contributed by atoms with Gasteiger partial charge in [-0.1, -0.05) is 56.5 Å². The summed E-state index contributed by atoms with van der Waals surface area (Å²) in [5.41, 5.74) is 1.64. The zero-order chi connectivity index (χ0) is 11.0. The van der Waals surface area contributed by atoms with Gasteiger partial charge in [-0.3, -0.25) is 0 Å². The summed E-state index contributed by atoms with van der Waals surface area (Å²) in [5, 5.41) is 0. The molecule has 0 nitrogen and oxygen atoms in total. The summed E-state index contributed by atoms with van der Waals surface area (Å²) >= 11 is 19.5. The van der Waals surface area contributed by atoms with Crippen LogP contribution in [0.5, 0.6) is 0 Å². The van der Waals surface area contributed by atoms with E-state index in [1.807, 2.05) is 6.08 Å². The molecule has 0 unspecified atom stereocenters. The first kappa shape index (κ1) is 13.3. The molecule has 1 fully saturated rings. The van der Waals surface area contributed by atoms with Crippen LogP contribution < -0.4 is 0 Å². The summed E-state index contributed by atoms with van der Waals surface area (Å²) in [7, 11) is 0. The quantitative estimate of drug-likeness (QED) is 0.570. The maximum absolute atomic E-state index is 6.46. The van der Waals surface area contributed by atoms with E-state index in [0.29, 0.717) is 9.65 Å². The Morgan fingerprint density at radius 2 is 1.86 bits per heavy atom. The van der Waals surface area contributed by atoms with Crippen molar-refractivity contribution < 1.29 is 0 Å². The monoisotopic (exact) mass is 362 g/mol. The zero-order valence-electron chi connectivity index (χ0n) is 8.24. The van der Waals surface area contributed by atoms with Crippen LogP contribution in [0.3, 0.4) is 0 Å². The highest BCUT2D eigenvalue weighted by Gasteiger charge is 2.47. The molecule has 82 valence electrons. The van der Waals surface area contributed by atoms with E-state index < -0.39 is 0 Å². The Kier molecular flexibility index (Phi) is 4.43. The summed E-state index contributed by atoms with van der Waals surface area (Å²) < 4.78 is 0. The predicted octanol–water partition coefficient (Wildman–Crippen LogP) is 5.06. The van der Waals surface area contributed by atoms with Gasteiger partial charge in [0.05, 0.1) is 4.87 Å². The lowest BCUT2D eigenvalue weighted by molar-refractivity contribution is 0.265. The van der Waals surface area contributed by atoms with Gasteiger partial charge in [0, 0.05) is 20.6 Å². The van der Waals surface area contributed by atoms with Gasteiger partial charge in [-0.2, -0.15) is 0 Å². The van der Waals surface area contributed by atoms with Gasteiger partial charge < -0.3 is 0 Å². The van der Waals surface area contributed by atoms with Crippen molar-refractivity contribution in [1.29, 1.82) is 0 Å². The van der Waals surface area contributed by atoms with Crippen LogP contribution in [0.4, 0.5) is 0 Å². The average Bonchev–Trinajstić information content (AvgIpc) is 2.01. The van der Waals surface area contributed by atoms with Gasteiger partial charge in [0.15, 0.2) is 0 Å². The minimum atomic E-state index is -0.199. The molecule has 0 N–H and O–H groups in total. The molecule has 0 heterocycles. The van der Waals surface area contributed by atoms with Crippen LogP contribution in [-0.4, -0.2) is 14.5 Å². The fourth-order valence-corrected chi connectivity index (χ4v) is 4.36. The molecule has 1 aliphatic carbocycles. The third-order valence-corrected chi connectivity index (χ3v) is 6.54. The molecule has 0 amide bonds. The number of rotatable bonds is 1. The fourth-order valence-electron chi connectivity index (χ4n) is 1.97. The van der Waals surface area contributed by atoms with Crippen molar-refractivity contribution in [3.05, 3.63) is 11.6 Å². The maximum atomic E-state index is 6.46. The van der Waals surface area contributed by atoms with Crippen LogP contribution in [0, 0.1) is 5.41 Å². The van der Waals surface area contributed by atoms with Crippen molar-refractivity contribution in [3.8, 4) is 0 Å². The van der Waals surface area contributed by atoms with E-state index >= 15 is 0 Å². The van der Waals surface area contributed by atoms with E-state index in [2.05, 4.69) is 45.7 Å². The number of allylic oxidation sites excluding steroid dienone is 1. The van der Waals surface area contributed by atoms with Gasteiger partial charge in [0.2, 0.25) is 0 Å². The molecule has 1 saturated carbocycles. The lowest BCUT2D eigenvalue weighted by Gasteiger charge is -2.46. The Hall–Kier alpha value is 1.28. The average molecular weight is 365 g/mol. The Morgan fingerprint density at radius 1 is 1.29 bits per heavy atom. The van der Waals surface area contributed by atoms with E-state index in [0.717, 1.165) is 12.8 Å². The van der Waals surface area contributed by atoms with Gasteiger partial charge >= 0.3 is 0 Å². The molecule has 0 aromatic carbocycles. The van der Waals surface area contributed by atoms with Gasteiger partial charge in [0.25, 0.3) is 0 Å². The Morgan fingerprint density at radius 3 is 2.36 bits per heavy atom. The topological polar surface area (TPSA) is 0 Å². The molecule has 4 atom stereocenters. The van der Waals surface area contributed by atoms with E-state index in [9.17, 15) is 0 Å². The molecule has 0 bridgehead atoms. The van der Waals surface area contributed by atoms with Crippen LogP contribution in [0.25, 0.3) is 0 Å². The maximum Gasteiger partial charge on any atom is 0.0552 e. The summed E-state index contributed by atoms with van der Waals surface area (Å²) in [5.74, 6) is 0. The van der Waals surface area contributed by atoms with Gasteiger partial charge in [-0.25, -0.2) is 0 Å². The molecule has 14 heavy (non-hydrogen) atoms. The second-order valence-corrected chi connectivity index (χ2v) is 7.75. The fraction of sp³-hybridized carbons (Fsp3) is 0.800. The normalized spacial score (nSPS) is 49.9. The van der Waals surface area contributed by atoms with Crippen molar-refractivity contribution in [2.24, 2.45) is 5.41 Å². The van der Waals surface area contributed by atoms with Crippen molar-refractivity contribution >= 4 is 55.1 Å². The van der Waals surface area contributed by atoms with Gasteiger partial charge in [0.1, 0.15) is 0 Å². The Labute approximate surface area is 113 Å². The standard InChI is InChI=1S/C10H14Br2Cl2/c1-9(3-4-13)6-10(2,14)8(12)5-7(9)11/h3-4,7-8H,5-6H2,1-2H3/b4-3+/t7-,8-,9-,10-/m0/s1. The summed E-state index contributed by atoms with van der Waals surface area (Å²) in [6.07, 6.45) is 3.96. The SMILES string of the molecule is C[C@]1(Cl)C[C@](C)(/C=C/Cl)[C@@H](Br)C[C@@H]1Br. The molecule has 1 aliphatic rings. The second kappa shape index (κ2) is 4.65. The van der Waals surface area contributed by atoms with Crippen molar-refractivity contribution in [2.75, 3.05) is 0 Å². The minimum Gasteiger partial charge on any atom is -0.118 e. The van der Waals surface area contributed by atoms with E-state index in [1.54, 1.807) is 5.54 Å². The largest absolute Gasteiger partial charge is 0.118 e. The molecule has 0 aromatic rings. The molecule has 0 saturated heterocycles. The molecule has 0 radical (unpaired) electrons.